The number of hydrogen-bond acceptors (Lipinski definition) is 5. The summed E-state index contributed by atoms with van der Waals surface area (Å²) in [5.41, 5.74) is 3.13. The molecule has 0 radical (unpaired) electrons. The van der Waals surface area contributed by atoms with E-state index in [4.69, 9.17) is 4.74 Å². The molecule has 1 aromatic carbocycles. The number of fused-ring (bicyclic) bond motifs is 1. The summed E-state index contributed by atoms with van der Waals surface area (Å²) in [6.45, 7) is 9.44. The second kappa shape index (κ2) is 6.57. The third-order valence-electron chi connectivity index (χ3n) is 3.52. The highest BCUT2D eigenvalue weighted by molar-refractivity contribution is 5.45. The number of anilines is 1. The Kier molecular flexibility index (Phi) is 4.49. The van der Waals surface area contributed by atoms with Gasteiger partial charge >= 0.3 is 0 Å². The predicted octanol–water partition coefficient (Wildman–Crippen LogP) is 3.36. The molecule has 0 unspecified atom stereocenters. The highest BCUT2D eigenvalue weighted by Crippen LogP contribution is 2.15. The van der Waals surface area contributed by atoms with Crippen molar-refractivity contribution in [1.29, 1.82) is 0 Å². The van der Waals surface area contributed by atoms with E-state index >= 15 is 0 Å². The first-order valence-electron chi connectivity index (χ1n) is 8.04. The van der Waals surface area contributed by atoms with Crippen molar-refractivity contribution < 1.29 is 4.74 Å². The summed E-state index contributed by atoms with van der Waals surface area (Å²) >= 11 is 0. The van der Waals surface area contributed by atoms with E-state index < -0.39 is 0 Å². The number of aryl methyl sites for hydroxylation is 1. The fourth-order valence-corrected chi connectivity index (χ4v) is 2.38. The van der Waals surface area contributed by atoms with Gasteiger partial charge in [-0.15, -0.1) is 0 Å². The normalized spacial score (nSPS) is 11.8. The van der Waals surface area contributed by atoms with Crippen LogP contribution in [0.3, 0.4) is 0 Å². The summed E-state index contributed by atoms with van der Waals surface area (Å²) in [5, 5.41) is 7.62. The molecule has 0 amide bonds. The van der Waals surface area contributed by atoms with Gasteiger partial charge in [0.15, 0.2) is 0 Å². The van der Waals surface area contributed by atoms with Gasteiger partial charge in [-0.2, -0.15) is 14.6 Å². The lowest BCUT2D eigenvalue weighted by molar-refractivity contribution is -0.0149. The van der Waals surface area contributed by atoms with Crippen molar-refractivity contribution in [3.8, 4) is 0 Å². The van der Waals surface area contributed by atoms with Crippen LogP contribution >= 0.6 is 0 Å². The molecular weight excluding hydrogens is 302 g/mol. The second-order valence-electron chi connectivity index (χ2n) is 6.83. The molecule has 24 heavy (non-hydrogen) atoms. The quantitative estimate of drug-likeness (QED) is 0.779. The number of hydrogen-bond donors (Lipinski definition) is 1. The molecule has 1 N–H and O–H groups in total. The smallest absolute Gasteiger partial charge is 0.254 e. The Bertz CT molecular complexity index is 835. The third-order valence-corrected chi connectivity index (χ3v) is 3.52. The van der Waals surface area contributed by atoms with Crippen molar-refractivity contribution in [3.63, 3.8) is 0 Å². The van der Waals surface area contributed by atoms with Gasteiger partial charge < -0.3 is 10.1 Å². The van der Waals surface area contributed by atoms with Crippen LogP contribution in [-0.4, -0.2) is 25.2 Å². The maximum absolute atomic E-state index is 5.85. The maximum Gasteiger partial charge on any atom is 0.254 e. The Morgan fingerprint density at radius 1 is 1.17 bits per heavy atom. The van der Waals surface area contributed by atoms with Gasteiger partial charge in [-0.05, 0) is 38.8 Å². The van der Waals surface area contributed by atoms with Crippen LogP contribution in [0.2, 0.25) is 0 Å². The third kappa shape index (κ3) is 4.08. The zero-order valence-corrected chi connectivity index (χ0v) is 14.6. The fourth-order valence-electron chi connectivity index (χ4n) is 2.38. The van der Waals surface area contributed by atoms with Crippen molar-refractivity contribution >= 4 is 11.6 Å². The zero-order valence-electron chi connectivity index (χ0n) is 14.6. The number of ether oxygens (including phenoxy) is 1. The largest absolute Gasteiger partial charge is 0.371 e. The number of rotatable bonds is 5. The molecule has 2 aromatic heterocycles. The Balaban J connectivity index is 1.71. The van der Waals surface area contributed by atoms with Gasteiger partial charge in [-0.1, -0.05) is 24.3 Å². The van der Waals surface area contributed by atoms with E-state index in [9.17, 15) is 0 Å². The van der Waals surface area contributed by atoms with E-state index in [1.165, 1.54) is 17.5 Å². The molecule has 2 heterocycles. The first-order chi connectivity index (χ1) is 11.4. The minimum absolute atomic E-state index is 0.137. The summed E-state index contributed by atoms with van der Waals surface area (Å²) < 4.78 is 7.55. The summed E-state index contributed by atoms with van der Waals surface area (Å²) in [6.07, 6.45) is 1.51. The van der Waals surface area contributed by atoms with E-state index in [1.54, 1.807) is 4.52 Å². The highest BCUT2D eigenvalue weighted by Gasteiger charge is 2.10. The van der Waals surface area contributed by atoms with Gasteiger partial charge in [0.2, 0.25) is 0 Å². The minimum Gasteiger partial charge on any atom is -0.371 e. The van der Waals surface area contributed by atoms with Crippen LogP contribution in [0.5, 0.6) is 0 Å². The van der Waals surface area contributed by atoms with Gasteiger partial charge in [0.05, 0.1) is 12.2 Å². The van der Waals surface area contributed by atoms with Crippen molar-refractivity contribution in [2.45, 2.75) is 46.4 Å². The van der Waals surface area contributed by atoms with Gasteiger partial charge in [0, 0.05) is 18.3 Å². The van der Waals surface area contributed by atoms with Crippen molar-refractivity contribution in [2.24, 2.45) is 0 Å². The van der Waals surface area contributed by atoms with E-state index in [1.807, 2.05) is 13.0 Å². The van der Waals surface area contributed by atoms with Crippen molar-refractivity contribution in [2.75, 3.05) is 5.32 Å². The van der Waals surface area contributed by atoms with Gasteiger partial charge in [0.1, 0.15) is 12.1 Å². The fraction of sp³-hybridized carbons (Fsp3) is 0.389. The standard InChI is InChI=1S/C18H23N5O/c1-13-8-16(23-17(22-13)20-12-21-23)19-10-14-6-5-7-15(9-14)11-24-18(2,3)4/h5-9,12,19H,10-11H2,1-4H3. The molecule has 6 heteroatoms. The molecule has 0 saturated heterocycles. The molecule has 0 spiro atoms. The minimum atomic E-state index is -0.137. The Labute approximate surface area is 141 Å². The predicted molar refractivity (Wildman–Crippen MR) is 93.8 cm³/mol. The van der Waals surface area contributed by atoms with E-state index in [2.05, 4.69) is 65.4 Å². The molecular formula is C18H23N5O. The molecule has 3 aromatic rings. The zero-order chi connectivity index (χ0) is 17.2. The van der Waals surface area contributed by atoms with Crippen molar-refractivity contribution in [3.05, 3.63) is 53.5 Å². The highest BCUT2D eigenvalue weighted by atomic mass is 16.5. The van der Waals surface area contributed by atoms with Crippen LogP contribution < -0.4 is 5.32 Å². The average molecular weight is 325 g/mol. The maximum atomic E-state index is 5.85. The molecule has 6 nitrogen and oxygen atoms in total. The molecule has 0 aliphatic rings. The monoisotopic (exact) mass is 325 g/mol. The van der Waals surface area contributed by atoms with Gasteiger partial charge in [-0.3, -0.25) is 0 Å². The SMILES string of the molecule is Cc1cc(NCc2cccc(COC(C)(C)C)c2)n2ncnc2n1. The van der Waals surface area contributed by atoms with Crippen LogP contribution in [0.4, 0.5) is 5.82 Å². The molecule has 0 aliphatic carbocycles. The van der Waals surface area contributed by atoms with Crippen LogP contribution in [0.15, 0.2) is 36.7 Å². The van der Waals surface area contributed by atoms with Crippen LogP contribution in [-0.2, 0) is 17.9 Å². The van der Waals surface area contributed by atoms with E-state index in [0.29, 0.717) is 18.9 Å². The Morgan fingerprint density at radius 3 is 2.75 bits per heavy atom. The summed E-state index contributed by atoms with van der Waals surface area (Å²) in [7, 11) is 0. The summed E-state index contributed by atoms with van der Waals surface area (Å²) in [5.74, 6) is 1.48. The van der Waals surface area contributed by atoms with E-state index in [0.717, 1.165) is 11.5 Å². The Morgan fingerprint density at radius 2 is 1.96 bits per heavy atom. The molecule has 0 aliphatic heterocycles. The van der Waals surface area contributed by atoms with Crippen LogP contribution in [0, 0.1) is 6.92 Å². The lowest BCUT2D eigenvalue weighted by Crippen LogP contribution is -2.18. The lowest BCUT2D eigenvalue weighted by atomic mass is 10.1. The summed E-state index contributed by atoms with van der Waals surface area (Å²) in [6, 6.07) is 10.4. The Hall–Kier alpha value is -2.47. The first kappa shape index (κ1) is 16.4. The average Bonchev–Trinajstić information content (AvgIpc) is 2.98. The molecule has 0 fully saturated rings. The molecule has 3 rings (SSSR count). The second-order valence-corrected chi connectivity index (χ2v) is 6.83. The van der Waals surface area contributed by atoms with Gasteiger partial charge in [-0.25, -0.2) is 4.98 Å². The molecule has 0 atom stereocenters. The molecule has 126 valence electrons. The number of nitrogens with one attached hydrogen (secondary N) is 1. The number of nitrogens with zero attached hydrogens (tertiary/aromatic N) is 4. The number of benzene rings is 1. The van der Waals surface area contributed by atoms with Gasteiger partial charge in [0.25, 0.3) is 5.78 Å². The lowest BCUT2D eigenvalue weighted by Gasteiger charge is -2.19. The first-order valence-corrected chi connectivity index (χ1v) is 8.04. The van der Waals surface area contributed by atoms with Crippen LogP contribution in [0.1, 0.15) is 37.6 Å². The van der Waals surface area contributed by atoms with Crippen molar-refractivity contribution in [1.82, 2.24) is 19.6 Å². The van der Waals surface area contributed by atoms with Crippen LogP contribution in [0.25, 0.3) is 5.78 Å². The topological polar surface area (TPSA) is 64.3 Å². The molecule has 0 bridgehead atoms. The van der Waals surface area contributed by atoms with E-state index in [-0.39, 0.29) is 5.60 Å². The number of aromatic nitrogens is 4. The summed E-state index contributed by atoms with van der Waals surface area (Å²) in [4.78, 5) is 8.49. The molecule has 0 saturated carbocycles.